The zero-order valence-corrected chi connectivity index (χ0v) is 12.9. The molecule has 0 bridgehead atoms. The predicted molar refractivity (Wildman–Crippen MR) is 71.1 cm³/mol. The third-order valence-electron chi connectivity index (χ3n) is 3.33. The molecule has 0 N–H and O–H groups in total. The largest absolute Gasteiger partial charge is 0.549 e. The monoisotopic (exact) mass is 300 g/mol. The van der Waals surface area contributed by atoms with Gasteiger partial charge in [-0.3, -0.25) is 4.79 Å². The van der Waals surface area contributed by atoms with Crippen LogP contribution in [0.4, 0.5) is 4.79 Å². The molecule has 0 unspecified atom stereocenters. The highest BCUT2D eigenvalue weighted by atomic mass is 16.6. The molecule has 0 radical (unpaired) electrons. The topological polar surface area (TPSA) is 96.0 Å². The Labute approximate surface area is 124 Å². The maximum Gasteiger partial charge on any atom is 0.410 e. The van der Waals surface area contributed by atoms with Gasteiger partial charge in [-0.05, 0) is 40.5 Å². The van der Waals surface area contributed by atoms with Gasteiger partial charge in [-0.15, -0.1) is 0 Å². The molecule has 0 aromatic rings. The number of hydrogen-bond donors (Lipinski definition) is 0. The summed E-state index contributed by atoms with van der Waals surface area (Å²) in [5.41, 5.74) is -2.30. The van der Waals surface area contributed by atoms with Crippen LogP contribution in [0.15, 0.2) is 0 Å². The number of likely N-dealkylation sites (tertiary alicyclic amines) is 1. The highest BCUT2D eigenvalue weighted by Gasteiger charge is 2.45. The standard InChI is InChI=1S/C14H23NO6/c1-5-20-11(18)14(10(16)17)6-8-15(9-7-14)12(19)21-13(2,3)4/h5-9H2,1-4H3,(H,16,17)/p-1. The van der Waals surface area contributed by atoms with E-state index < -0.39 is 29.0 Å². The molecule has 1 aliphatic heterocycles. The Morgan fingerprint density at radius 3 is 2.10 bits per heavy atom. The number of ether oxygens (including phenoxy) is 2. The fourth-order valence-corrected chi connectivity index (χ4v) is 2.16. The Hall–Kier alpha value is -1.79. The van der Waals surface area contributed by atoms with E-state index in [0.717, 1.165) is 0 Å². The number of carbonyl (C=O) groups is 3. The summed E-state index contributed by atoms with van der Waals surface area (Å²) in [6.07, 6.45) is -0.584. The highest BCUT2D eigenvalue weighted by Crippen LogP contribution is 2.33. The highest BCUT2D eigenvalue weighted by molar-refractivity contribution is 5.98. The van der Waals surface area contributed by atoms with Gasteiger partial charge in [-0.25, -0.2) is 4.79 Å². The third-order valence-corrected chi connectivity index (χ3v) is 3.33. The molecule has 7 nitrogen and oxygen atoms in total. The molecule has 1 fully saturated rings. The van der Waals surface area contributed by atoms with E-state index >= 15 is 0 Å². The van der Waals surface area contributed by atoms with E-state index in [1.807, 2.05) is 0 Å². The second-order valence-corrected chi connectivity index (χ2v) is 6.06. The average molecular weight is 300 g/mol. The Kier molecular flexibility index (Phi) is 5.20. The van der Waals surface area contributed by atoms with E-state index in [1.165, 1.54) is 4.90 Å². The first-order valence-corrected chi connectivity index (χ1v) is 6.99. The molecule has 1 aliphatic rings. The lowest BCUT2D eigenvalue weighted by Crippen LogP contribution is -2.56. The number of nitrogens with zero attached hydrogens (tertiary/aromatic N) is 1. The summed E-state index contributed by atoms with van der Waals surface area (Å²) in [6.45, 7) is 7.18. The SMILES string of the molecule is CCOC(=O)C1(C(=O)[O-])CCN(C(=O)OC(C)(C)C)CC1. The van der Waals surface area contributed by atoms with E-state index in [4.69, 9.17) is 9.47 Å². The van der Waals surface area contributed by atoms with Crippen LogP contribution in [-0.2, 0) is 19.1 Å². The van der Waals surface area contributed by atoms with Gasteiger partial charge in [0.15, 0.2) is 0 Å². The quantitative estimate of drug-likeness (QED) is 0.550. The summed E-state index contributed by atoms with van der Waals surface area (Å²) in [5, 5.41) is 11.4. The molecule has 1 rings (SSSR count). The van der Waals surface area contributed by atoms with Crippen molar-refractivity contribution in [1.29, 1.82) is 0 Å². The van der Waals surface area contributed by atoms with Gasteiger partial charge in [0.1, 0.15) is 11.0 Å². The molecule has 1 amide bonds. The van der Waals surface area contributed by atoms with E-state index in [0.29, 0.717) is 0 Å². The molecular weight excluding hydrogens is 278 g/mol. The van der Waals surface area contributed by atoms with Crippen LogP contribution in [0.25, 0.3) is 0 Å². The number of amides is 1. The van der Waals surface area contributed by atoms with Gasteiger partial charge in [0.2, 0.25) is 0 Å². The number of esters is 1. The molecule has 7 heteroatoms. The number of carboxylic acids is 1. The lowest BCUT2D eigenvalue weighted by molar-refractivity contribution is -0.319. The predicted octanol–water partition coefficient (Wildman–Crippen LogP) is 0.317. The molecule has 1 saturated heterocycles. The average Bonchev–Trinajstić information content (AvgIpc) is 2.36. The van der Waals surface area contributed by atoms with Crippen molar-refractivity contribution in [3.05, 3.63) is 0 Å². The van der Waals surface area contributed by atoms with E-state index in [1.54, 1.807) is 27.7 Å². The second kappa shape index (κ2) is 6.32. The molecule has 0 aliphatic carbocycles. The summed E-state index contributed by atoms with van der Waals surface area (Å²) in [4.78, 5) is 36.5. The summed E-state index contributed by atoms with van der Waals surface area (Å²) in [7, 11) is 0. The van der Waals surface area contributed by atoms with Crippen LogP contribution in [-0.4, -0.2) is 48.2 Å². The van der Waals surface area contributed by atoms with E-state index in [-0.39, 0.29) is 32.5 Å². The normalized spacial score (nSPS) is 18.0. The molecule has 0 aromatic carbocycles. The number of aliphatic carboxylic acids is 1. The van der Waals surface area contributed by atoms with Crippen molar-refractivity contribution in [2.24, 2.45) is 5.41 Å². The van der Waals surface area contributed by atoms with Crippen LogP contribution < -0.4 is 5.11 Å². The molecule has 0 spiro atoms. The maximum absolute atomic E-state index is 11.9. The van der Waals surface area contributed by atoms with Crippen molar-refractivity contribution in [2.45, 2.75) is 46.1 Å². The van der Waals surface area contributed by atoms with Crippen LogP contribution in [0.1, 0.15) is 40.5 Å². The van der Waals surface area contributed by atoms with Crippen molar-refractivity contribution in [3.8, 4) is 0 Å². The van der Waals surface area contributed by atoms with Gasteiger partial charge < -0.3 is 24.3 Å². The molecular formula is C14H22NO6-. The number of hydrogen-bond acceptors (Lipinski definition) is 6. The Morgan fingerprint density at radius 1 is 1.19 bits per heavy atom. The third kappa shape index (κ3) is 4.09. The van der Waals surface area contributed by atoms with Gasteiger partial charge >= 0.3 is 12.1 Å². The van der Waals surface area contributed by atoms with Crippen LogP contribution in [0, 0.1) is 5.41 Å². The summed E-state index contributed by atoms with van der Waals surface area (Å²) >= 11 is 0. The van der Waals surface area contributed by atoms with E-state index in [9.17, 15) is 19.5 Å². The summed E-state index contributed by atoms with van der Waals surface area (Å²) in [5.74, 6) is -2.25. The first kappa shape index (κ1) is 17.3. The summed E-state index contributed by atoms with van der Waals surface area (Å²) < 4.78 is 10.0. The van der Waals surface area contributed by atoms with Gasteiger partial charge in [-0.1, -0.05) is 0 Å². The van der Waals surface area contributed by atoms with Crippen molar-refractivity contribution in [3.63, 3.8) is 0 Å². The van der Waals surface area contributed by atoms with Gasteiger partial charge in [0, 0.05) is 13.1 Å². The fourth-order valence-electron chi connectivity index (χ4n) is 2.16. The summed E-state index contributed by atoms with van der Waals surface area (Å²) in [6, 6.07) is 0. The minimum atomic E-state index is -1.67. The number of carboxylic acid groups (broad SMARTS) is 1. The zero-order valence-electron chi connectivity index (χ0n) is 12.9. The smallest absolute Gasteiger partial charge is 0.410 e. The van der Waals surface area contributed by atoms with Crippen molar-refractivity contribution in [2.75, 3.05) is 19.7 Å². The van der Waals surface area contributed by atoms with Crippen molar-refractivity contribution < 1.29 is 29.0 Å². The fraction of sp³-hybridized carbons (Fsp3) is 0.786. The lowest BCUT2D eigenvalue weighted by atomic mass is 9.78. The molecule has 21 heavy (non-hydrogen) atoms. The molecule has 0 saturated carbocycles. The van der Waals surface area contributed by atoms with Crippen molar-refractivity contribution in [1.82, 2.24) is 4.90 Å². The maximum atomic E-state index is 11.9. The minimum absolute atomic E-state index is 0.0343. The van der Waals surface area contributed by atoms with Gasteiger partial charge in [-0.2, -0.15) is 0 Å². The molecule has 0 aromatic heterocycles. The van der Waals surface area contributed by atoms with Crippen LogP contribution in [0.3, 0.4) is 0 Å². The van der Waals surface area contributed by atoms with Crippen LogP contribution in [0.5, 0.6) is 0 Å². The van der Waals surface area contributed by atoms with Gasteiger partial charge in [0.25, 0.3) is 0 Å². The molecule has 120 valence electrons. The van der Waals surface area contributed by atoms with E-state index in [2.05, 4.69) is 0 Å². The first-order chi connectivity index (χ1) is 9.62. The molecule has 0 atom stereocenters. The first-order valence-electron chi connectivity index (χ1n) is 6.99. The second-order valence-electron chi connectivity index (χ2n) is 6.06. The Bertz CT molecular complexity index is 418. The Morgan fingerprint density at radius 2 is 1.71 bits per heavy atom. The number of rotatable bonds is 3. The van der Waals surface area contributed by atoms with Crippen molar-refractivity contribution >= 4 is 18.0 Å². The number of carbonyl (C=O) groups excluding carboxylic acids is 3. The van der Waals surface area contributed by atoms with Crippen LogP contribution >= 0.6 is 0 Å². The Balaban J connectivity index is 2.73. The zero-order chi connectivity index (χ0) is 16.3. The van der Waals surface area contributed by atoms with Gasteiger partial charge in [0.05, 0.1) is 12.6 Å². The minimum Gasteiger partial charge on any atom is -0.549 e. The van der Waals surface area contributed by atoms with Crippen LogP contribution in [0.2, 0.25) is 0 Å². The lowest BCUT2D eigenvalue weighted by Gasteiger charge is -2.40. The molecule has 1 heterocycles. The number of piperidine rings is 1.